The second-order valence-corrected chi connectivity index (χ2v) is 3.12. The van der Waals surface area contributed by atoms with Crippen LogP contribution < -0.4 is 4.74 Å². The maximum Gasteiger partial charge on any atom is 0.230 e. The Morgan fingerprint density at radius 3 is 2.80 bits per heavy atom. The fraction of sp³-hybridized carbons (Fsp3) is 0.182. The molecule has 1 heterocycles. The van der Waals surface area contributed by atoms with Crippen LogP contribution >= 0.6 is 0 Å². The number of aromatic nitrogens is 1. The number of halogens is 1. The van der Waals surface area contributed by atoms with Crippen LogP contribution in [-0.4, -0.2) is 12.1 Å². The number of nitrogens with zero attached hydrogens (tertiary/aromatic N) is 1. The van der Waals surface area contributed by atoms with E-state index < -0.39 is 0 Å². The Morgan fingerprint density at radius 2 is 2.20 bits per heavy atom. The number of hydrogen-bond acceptors (Lipinski definition) is 3. The van der Waals surface area contributed by atoms with Gasteiger partial charge in [0.15, 0.2) is 0 Å². The highest BCUT2D eigenvalue weighted by molar-refractivity contribution is 5.62. The molecule has 1 aromatic heterocycles. The first-order chi connectivity index (χ1) is 7.20. The third-order valence-electron chi connectivity index (χ3n) is 2.01. The maximum atomic E-state index is 13.1. The average Bonchev–Trinajstić information content (AvgIpc) is 2.65. The van der Waals surface area contributed by atoms with Gasteiger partial charge < -0.3 is 9.15 Å². The van der Waals surface area contributed by atoms with E-state index in [9.17, 15) is 4.39 Å². The van der Waals surface area contributed by atoms with Crippen LogP contribution in [-0.2, 0) is 0 Å². The molecule has 3 nitrogen and oxygen atoms in total. The molecule has 15 heavy (non-hydrogen) atoms. The third-order valence-corrected chi connectivity index (χ3v) is 2.01. The van der Waals surface area contributed by atoms with E-state index in [1.165, 1.54) is 19.2 Å². The number of benzene rings is 1. The molecule has 0 saturated heterocycles. The Labute approximate surface area is 86.5 Å². The number of oxazole rings is 1. The van der Waals surface area contributed by atoms with Crippen molar-refractivity contribution in [3.8, 4) is 17.2 Å². The molecule has 2 rings (SSSR count). The van der Waals surface area contributed by atoms with Crippen molar-refractivity contribution in [1.29, 1.82) is 0 Å². The molecule has 0 aliphatic carbocycles. The van der Waals surface area contributed by atoms with Crippen LogP contribution in [0.3, 0.4) is 0 Å². The zero-order valence-corrected chi connectivity index (χ0v) is 8.45. The molecule has 2 aromatic rings. The van der Waals surface area contributed by atoms with E-state index in [-0.39, 0.29) is 5.82 Å². The first-order valence-electron chi connectivity index (χ1n) is 4.47. The fourth-order valence-electron chi connectivity index (χ4n) is 1.33. The van der Waals surface area contributed by atoms with Crippen molar-refractivity contribution in [3.05, 3.63) is 36.0 Å². The van der Waals surface area contributed by atoms with Gasteiger partial charge in [0, 0.05) is 0 Å². The Hall–Kier alpha value is -1.84. The summed E-state index contributed by atoms with van der Waals surface area (Å²) in [5.74, 6) is 1.24. The Kier molecular flexibility index (Phi) is 2.41. The molecule has 0 spiro atoms. The van der Waals surface area contributed by atoms with E-state index in [0.29, 0.717) is 23.0 Å². The monoisotopic (exact) mass is 207 g/mol. The standard InChI is InChI=1S/C11H10FNO2/c1-7-6-13-11(15-7)9-5-8(12)3-4-10(9)14-2/h3-6H,1-2H3. The molecule has 0 amide bonds. The van der Waals surface area contributed by atoms with E-state index in [1.54, 1.807) is 19.2 Å². The van der Waals surface area contributed by atoms with Gasteiger partial charge >= 0.3 is 0 Å². The second-order valence-electron chi connectivity index (χ2n) is 3.12. The van der Waals surface area contributed by atoms with Gasteiger partial charge in [0.25, 0.3) is 0 Å². The lowest BCUT2D eigenvalue weighted by Crippen LogP contribution is -1.89. The molecular weight excluding hydrogens is 197 g/mol. The highest BCUT2D eigenvalue weighted by Gasteiger charge is 2.11. The molecule has 0 unspecified atom stereocenters. The molecular formula is C11H10FNO2. The molecule has 0 N–H and O–H groups in total. The number of ether oxygens (including phenoxy) is 1. The van der Waals surface area contributed by atoms with E-state index >= 15 is 0 Å². The molecule has 4 heteroatoms. The summed E-state index contributed by atoms with van der Waals surface area (Å²) in [6.07, 6.45) is 1.58. The van der Waals surface area contributed by atoms with Gasteiger partial charge in [-0.2, -0.15) is 0 Å². The lowest BCUT2D eigenvalue weighted by Gasteiger charge is -2.04. The summed E-state index contributed by atoms with van der Waals surface area (Å²) < 4.78 is 23.5. The molecule has 0 saturated carbocycles. The lowest BCUT2D eigenvalue weighted by molar-refractivity contribution is 0.412. The number of rotatable bonds is 2. The van der Waals surface area contributed by atoms with Crippen molar-refractivity contribution in [2.24, 2.45) is 0 Å². The Bertz CT molecular complexity index is 479. The number of methoxy groups -OCH3 is 1. The van der Waals surface area contributed by atoms with Crippen LogP contribution in [0.5, 0.6) is 5.75 Å². The topological polar surface area (TPSA) is 35.3 Å². The normalized spacial score (nSPS) is 10.3. The highest BCUT2D eigenvalue weighted by atomic mass is 19.1. The van der Waals surface area contributed by atoms with Crippen LogP contribution in [0.1, 0.15) is 5.76 Å². The summed E-state index contributed by atoms with van der Waals surface area (Å²) in [4.78, 5) is 4.02. The minimum absolute atomic E-state index is 0.346. The molecule has 0 radical (unpaired) electrons. The van der Waals surface area contributed by atoms with Gasteiger partial charge in [-0.1, -0.05) is 0 Å². The molecule has 1 aromatic carbocycles. The minimum atomic E-state index is -0.346. The molecule has 0 atom stereocenters. The molecule has 0 aliphatic heterocycles. The zero-order valence-electron chi connectivity index (χ0n) is 8.45. The van der Waals surface area contributed by atoms with Crippen LogP contribution in [0.15, 0.2) is 28.8 Å². The van der Waals surface area contributed by atoms with Crippen molar-refractivity contribution in [2.45, 2.75) is 6.92 Å². The maximum absolute atomic E-state index is 13.1. The third kappa shape index (κ3) is 1.83. The molecule has 0 aliphatic rings. The summed E-state index contributed by atoms with van der Waals surface area (Å²) in [6.45, 7) is 1.78. The summed E-state index contributed by atoms with van der Waals surface area (Å²) >= 11 is 0. The SMILES string of the molecule is COc1ccc(F)cc1-c1ncc(C)o1. The molecule has 78 valence electrons. The summed E-state index contributed by atoms with van der Waals surface area (Å²) in [5, 5.41) is 0. The van der Waals surface area contributed by atoms with E-state index in [0.717, 1.165) is 0 Å². The summed E-state index contributed by atoms with van der Waals surface area (Å²) in [6, 6.07) is 4.21. The van der Waals surface area contributed by atoms with E-state index in [1.807, 2.05) is 0 Å². The van der Waals surface area contributed by atoms with Gasteiger partial charge in [0.05, 0.1) is 18.9 Å². The van der Waals surface area contributed by atoms with E-state index in [2.05, 4.69) is 4.98 Å². The highest BCUT2D eigenvalue weighted by Crippen LogP contribution is 2.29. The Balaban J connectivity index is 2.55. The fourth-order valence-corrected chi connectivity index (χ4v) is 1.33. The molecule has 0 bridgehead atoms. The minimum Gasteiger partial charge on any atom is -0.496 e. The van der Waals surface area contributed by atoms with Crippen molar-refractivity contribution in [2.75, 3.05) is 7.11 Å². The van der Waals surface area contributed by atoms with Gasteiger partial charge in [-0.25, -0.2) is 9.37 Å². The van der Waals surface area contributed by atoms with Gasteiger partial charge in [-0.15, -0.1) is 0 Å². The average molecular weight is 207 g/mol. The predicted octanol–water partition coefficient (Wildman–Crippen LogP) is 2.80. The van der Waals surface area contributed by atoms with Crippen LogP contribution in [0, 0.1) is 12.7 Å². The smallest absolute Gasteiger partial charge is 0.230 e. The lowest BCUT2D eigenvalue weighted by atomic mass is 10.2. The Morgan fingerprint density at radius 1 is 1.40 bits per heavy atom. The summed E-state index contributed by atoms with van der Waals surface area (Å²) in [5.41, 5.74) is 0.519. The van der Waals surface area contributed by atoms with Crippen LogP contribution in [0.25, 0.3) is 11.5 Å². The van der Waals surface area contributed by atoms with Crippen molar-refractivity contribution in [3.63, 3.8) is 0 Å². The first kappa shape index (κ1) is 9.71. The quantitative estimate of drug-likeness (QED) is 0.759. The second kappa shape index (κ2) is 3.73. The van der Waals surface area contributed by atoms with Gasteiger partial charge in [0.2, 0.25) is 5.89 Å². The largest absolute Gasteiger partial charge is 0.496 e. The number of hydrogen-bond donors (Lipinski definition) is 0. The predicted molar refractivity (Wildman–Crippen MR) is 53.2 cm³/mol. The van der Waals surface area contributed by atoms with Crippen LogP contribution in [0.2, 0.25) is 0 Å². The first-order valence-corrected chi connectivity index (χ1v) is 4.47. The van der Waals surface area contributed by atoms with Crippen LogP contribution in [0.4, 0.5) is 4.39 Å². The number of aryl methyl sites for hydroxylation is 1. The van der Waals surface area contributed by atoms with Crippen molar-refractivity contribution < 1.29 is 13.5 Å². The van der Waals surface area contributed by atoms with Crippen molar-refractivity contribution in [1.82, 2.24) is 4.98 Å². The van der Waals surface area contributed by atoms with Gasteiger partial charge in [-0.05, 0) is 25.1 Å². The summed E-state index contributed by atoms with van der Waals surface area (Å²) in [7, 11) is 1.52. The van der Waals surface area contributed by atoms with E-state index in [4.69, 9.17) is 9.15 Å². The van der Waals surface area contributed by atoms with Gasteiger partial charge in [0.1, 0.15) is 17.3 Å². The zero-order chi connectivity index (χ0) is 10.8. The molecule has 0 fully saturated rings. The van der Waals surface area contributed by atoms with Gasteiger partial charge in [-0.3, -0.25) is 0 Å². The van der Waals surface area contributed by atoms with Crippen molar-refractivity contribution >= 4 is 0 Å².